The van der Waals surface area contributed by atoms with Gasteiger partial charge < -0.3 is 9.84 Å². The van der Waals surface area contributed by atoms with E-state index in [0.29, 0.717) is 17.7 Å². The number of hydrogen-bond donors (Lipinski definition) is 1. The summed E-state index contributed by atoms with van der Waals surface area (Å²) in [7, 11) is 1.48. The molecule has 0 fully saturated rings. The molecule has 0 aromatic heterocycles. The second-order valence-corrected chi connectivity index (χ2v) is 7.09. The van der Waals surface area contributed by atoms with Crippen molar-refractivity contribution < 1.29 is 19.0 Å². The zero-order chi connectivity index (χ0) is 19.5. The van der Waals surface area contributed by atoms with Crippen LogP contribution in [0.25, 0.3) is 0 Å². The number of nitriles is 1. The zero-order valence-electron chi connectivity index (χ0n) is 15.0. The fraction of sp³-hybridized carbons (Fsp3) is 0.526. The number of halogens is 2. The molecule has 4 atom stereocenters. The van der Waals surface area contributed by atoms with E-state index in [1.54, 1.807) is 6.92 Å². The first-order valence-electron chi connectivity index (χ1n) is 8.44. The third-order valence-electron chi connectivity index (χ3n) is 5.08. The van der Waals surface area contributed by atoms with Gasteiger partial charge in [-0.1, -0.05) is 31.0 Å². The van der Waals surface area contributed by atoms with Gasteiger partial charge in [0, 0.05) is 23.8 Å². The molecule has 0 aliphatic carbocycles. The monoisotopic (exact) mass is 380 g/mol. The summed E-state index contributed by atoms with van der Waals surface area (Å²) in [6.45, 7) is 3.62. The standard InChI is InChI=1S/C19H22ClFN2O3/c1-4-5-15-13(9-22)17(12-7-6-11(21)8-14(12)20)19(2,18(24)25)16(23-15)10-26-3/h6-8,13,16-17H,4-5,10H2,1-3H3,(H,24,25). The summed E-state index contributed by atoms with van der Waals surface area (Å²) in [4.78, 5) is 16.9. The van der Waals surface area contributed by atoms with Gasteiger partial charge in [-0.2, -0.15) is 5.26 Å². The van der Waals surface area contributed by atoms with E-state index in [1.165, 1.54) is 19.2 Å². The molecule has 1 heterocycles. The molecule has 1 aromatic rings. The lowest BCUT2D eigenvalue weighted by atomic mass is 9.60. The summed E-state index contributed by atoms with van der Waals surface area (Å²) in [5.74, 6) is -3.13. The van der Waals surface area contributed by atoms with Gasteiger partial charge in [-0.15, -0.1) is 0 Å². The number of nitrogens with zero attached hydrogens (tertiary/aromatic N) is 2. The smallest absolute Gasteiger partial charge is 0.312 e. The lowest BCUT2D eigenvalue weighted by Crippen LogP contribution is -2.53. The molecular formula is C19H22ClFN2O3. The van der Waals surface area contributed by atoms with Gasteiger partial charge in [-0.3, -0.25) is 9.79 Å². The number of carbonyl (C=O) groups is 1. The second-order valence-electron chi connectivity index (χ2n) is 6.68. The van der Waals surface area contributed by atoms with Gasteiger partial charge in [0.15, 0.2) is 0 Å². The van der Waals surface area contributed by atoms with Crippen molar-refractivity contribution in [3.05, 3.63) is 34.6 Å². The highest BCUT2D eigenvalue weighted by Gasteiger charge is 2.56. The first kappa shape index (κ1) is 20.3. The SMILES string of the molecule is CCCC1=NC(COC)C(C)(C(=O)O)C(c2ccc(F)cc2Cl)C1C#N. The van der Waals surface area contributed by atoms with Crippen LogP contribution >= 0.6 is 11.6 Å². The molecular weight excluding hydrogens is 359 g/mol. The molecule has 0 spiro atoms. The first-order chi connectivity index (χ1) is 12.3. The number of hydrogen-bond acceptors (Lipinski definition) is 4. The van der Waals surface area contributed by atoms with Crippen LogP contribution in [0.15, 0.2) is 23.2 Å². The molecule has 0 saturated heterocycles. The Bertz CT molecular complexity index is 762. The van der Waals surface area contributed by atoms with Gasteiger partial charge in [0.05, 0.1) is 30.1 Å². The molecule has 1 aliphatic heterocycles. The third-order valence-corrected chi connectivity index (χ3v) is 5.41. The molecule has 1 aromatic carbocycles. The highest BCUT2D eigenvalue weighted by Crippen LogP contribution is 2.50. The Labute approximate surface area is 157 Å². The molecule has 0 saturated carbocycles. The van der Waals surface area contributed by atoms with Crippen molar-refractivity contribution >= 4 is 23.3 Å². The van der Waals surface area contributed by atoms with Gasteiger partial charge in [0.25, 0.3) is 0 Å². The highest BCUT2D eigenvalue weighted by molar-refractivity contribution is 6.31. The van der Waals surface area contributed by atoms with Gasteiger partial charge in [0.2, 0.25) is 0 Å². The fourth-order valence-electron chi connectivity index (χ4n) is 3.69. The largest absolute Gasteiger partial charge is 0.481 e. The Balaban J connectivity index is 2.74. The Morgan fingerprint density at radius 3 is 2.73 bits per heavy atom. The number of benzene rings is 1. The highest BCUT2D eigenvalue weighted by atomic mass is 35.5. The average molecular weight is 381 g/mol. The van der Waals surface area contributed by atoms with E-state index in [1.807, 2.05) is 6.92 Å². The van der Waals surface area contributed by atoms with Crippen molar-refractivity contribution in [1.82, 2.24) is 0 Å². The number of methoxy groups -OCH3 is 1. The van der Waals surface area contributed by atoms with Crippen molar-refractivity contribution in [3.8, 4) is 6.07 Å². The van der Waals surface area contributed by atoms with Gasteiger partial charge in [0.1, 0.15) is 5.82 Å². The molecule has 0 radical (unpaired) electrons. The fourth-order valence-corrected chi connectivity index (χ4v) is 3.97. The predicted octanol–water partition coefficient (Wildman–Crippen LogP) is 4.06. The molecule has 26 heavy (non-hydrogen) atoms. The summed E-state index contributed by atoms with van der Waals surface area (Å²) in [5.41, 5.74) is -0.343. The van der Waals surface area contributed by atoms with Crippen molar-refractivity contribution in [2.24, 2.45) is 16.3 Å². The molecule has 140 valence electrons. The van der Waals surface area contributed by atoms with Crippen LogP contribution in [-0.4, -0.2) is 36.5 Å². The van der Waals surface area contributed by atoms with Gasteiger partial charge in [-0.25, -0.2) is 4.39 Å². The van der Waals surface area contributed by atoms with Crippen molar-refractivity contribution in [2.45, 2.75) is 38.6 Å². The van der Waals surface area contributed by atoms with Crippen LogP contribution in [0.2, 0.25) is 5.02 Å². The number of rotatable bonds is 6. The number of carboxylic acid groups (broad SMARTS) is 1. The molecule has 4 unspecified atom stereocenters. The van der Waals surface area contributed by atoms with Crippen LogP contribution in [-0.2, 0) is 9.53 Å². The summed E-state index contributed by atoms with van der Waals surface area (Å²) in [5, 5.41) is 20.0. The first-order valence-corrected chi connectivity index (χ1v) is 8.82. The van der Waals surface area contributed by atoms with Crippen LogP contribution in [0, 0.1) is 28.5 Å². The van der Waals surface area contributed by atoms with Crippen molar-refractivity contribution in [2.75, 3.05) is 13.7 Å². The maximum Gasteiger partial charge on any atom is 0.312 e. The molecule has 7 heteroatoms. The van der Waals surface area contributed by atoms with E-state index in [0.717, 1.165) is 12.5 Å². The Morgan fingerprint density at radius 2 is 2.23 bits per heavy atom. The molecule has 0 bridgehead atoms. The van der Waals surface area contributed by atoms with E-state index in [9.17, 15) is 19.6 Å². The van der Waals surface area contributed by atoms with E-state index >= 15 is 0 Å². The molecule has 2 rings (SSSR count). The van der Waals surface area contributed by atoms with E-state index < -0.39 is 35.1 Å². The Kier molecular flexibility index (Phi) is 6.38. The lowest BCUT2D eigenvalue weighted by molar-refractivity contribution is -0.152. The molecule has 0 amide bonds. The minimum Gasteiger partial charge on any atom is -0.481 e. The maximum absolute atomic E-state index is 13.5. The molecule has 1 aliphatic rings. The van der Waals surface area contributed by atoms with Crippen LogP contribution in [0.3, 0.4) is 0 Å². The lowest BCUT2D eigenvalue weighted by Gasteiger charge is -2.45. The van der Waals surface area contributed by atoms with Crippen molar-refractivity contribution in [3.63, 3.8) is 0 Å². The second kappa shape index (κ2) is 8.15. The Hall–Kier alpha value is -1.97. The summed E-state index contributed by atoms with van der Waals surface area (Å²) >= 11 is 6.25. The van der Waals surface area contributed by atoms with Crippen LogP contribution in [0.4, 0.5) is 4.39 Å². The van der Waals surface area contributed by atoms with Crippen LogP contribution < -0.4 is 0 Å². The van der Waals surface area contributed by atoms with E-state index in [2.05, 4.69) is 11.1 Å². The summed E-state index contributed by atoms with van der Waals surface area (Å²) < 4.78 is 18.7. The Morgan fingerprint density at radius 1 is 1.54 bits per heavy atom. The predicted molar refractivity (Wildman–Crippen MR) is 97.0 cm³/mol. The molecule has 1 N–H and O–H groups in total. The number of carboxylic acids is 1. The third kappa shape index (κ3) is 3.46. The van der Waals surface area contributed by atoms with Gasteiger partial charge in [-0.05, 0) is 31.0 Å². The van der Waals surface area contributed by atoms with Crippen LogP contribution in [0.1, 0.15) is 38.2 Å². The number of aliphatic imine (C=N–C) groups is 1. The summed E-state index contributed by atoms with van der Waals surface area (Å²) in [6.07, 6.45) is 1.34. The normalized spacial score (nSPS) is 28.3. The van der Waals surface area contributed by atoms with Crippen LogP contribution in [0.5, 0.6) is 0 Å². The minimum atomic E-state index is -1.42. The zero-order valence-corrected chi connectivity index (χ0v) is 15.8. The minimum absolute atomic E-state index is 0.101. The average Bonchev–Trinajstić information content (AvgIpc) is 2.58. The number of ether oxygens (including phenoxy) is 1. The maximum atomic E-state index is 13.5. The molecule has 5 nitrogen and oxygen atoms in total. The quantitative estimate of drug-likeness (QED) is 0.806. The van der Waals surface area contributed by atoms with E-state index in [4.69, 9.17) is 16.3 Å². The topological polar surface area (TPSA) is 82.7 Å². The van der Waals surface area contributed by atoms with E-state index in [-0.39, 0.29) is 11.6 Å². The number of aliphatic carboxylic acids is 1. The summed E-state index contributed by atoms with van der Waals surface area (Å²) in [6, 6.07) is 5.37. The van der Waals surface area contributed by atoms with Gasteiger partial charge >= 0.3 is 5.97 Å². The van der Waals surface area contributed by atoms with Crippen molar-refractivity contribution in [1.29, 1.82) is 5.26 Å².